The Balaban J connectivity index is 2.24. The topological polar surface area (TPSA) is 103 Å². The smallest absolute Gasteiger partial charge is 0.289 e. The van der Waals surface area contributed by atoms with Crippen LogP contribution < -0.4 is 0 Å². The summed E-state index contributed by atoms with van der Waals surface area (Å²) in [6.07, 6.45) is 2.29. The average molecular weight is 322 g/mol. The summed E-state index contributed by atoms with van der Waals surface area (Å²) >= 11 is 0.890. The van der Waals surface area contributed by atoms with Gasteiger partial charge in [0, 0.05) is 23.6 Å². The molecule has 0 saturated heterocycles. The third-order valence-electron chi connectivity index (χ3n) is 2.64. The molecular formula is C13H7FN2O5S. The predicted molar refractivity (Wildman–Crippen MR) is 77.4 cm³/mol. The molecule has 1 aromatic carbocycles. The van der Waals surface area contributed by atoms with Crippen molar-refractivity contribution in [3.05, 3.63) is 72.9 Å². The molecule has 0 radical (unpaired) electrons. The zero-order valence-electron chi connectivity index (χ0n) is 10.8. The maximum absolute atomic E-state index is 13.6. The van der Waals surface area contributed by atoms with E-state index >= 15 is 0 Å². The van der Waals surface area contributed by atoms with E-state index in [1.165, 1.54) is 17.5 Å². The van der Waals surface area contributed by atoms with Gasteiger partial charge in [-0.05, 0) is 23.8 Å². The summed E-state index contributed by atoms with van der Waals surface area (Å²) in [5, 5.41) is 22.5. The number of nitrogens with zero attached hydrogens (tertiary/aromatic N) is 2. The number of nitro groups is 2. The number of halogens is 1. The molecule has 1 heterocycles. The molecule has 112 valence electrons. The molecule has 1 aromatic heterocycles. The number of ketones is 1. The molecule has 2 rings (SSSR count). The molecule has 0 bridgehead atoms. The molecule has 9 heteroatoms. The highest BCUT2D eigenvalue weighted by Crippen LogP contribution is 2.24. The van der Waals surface area contributed by atoms with Crippen LogP contribution in [0.2, 0.25) is 0 Å². The first-order valence-corrected chi connectivity index (χ1v) is 6.65. The molecular weight excluding hydrogens is 315 g/mol. The van der Waals surface area contributed by atoms with Crippen molar-refractivity contribution < 1.29 is 19.0 Å². The van der Waals surface area contributed by atoms with E-state index in [0.29, 0.717) is 5.56 Å². The number of allylic oxidation sites excluding steroid dienone is 1. The summed E-state index contributed by atoms with van der Waals surface area (Å²) in [6, 6.07) is 3.91. The molecule has 0 aliphatic rings. The second-order valence-electron chi connectivity index (χ2n) is 4.09. The van der Waals surface area contributed by atoms with Gasteiger partial charge in [0.15, 0.2) is 5.78 Å². The van der Waals surface area contributed by atoms with Crippen LogP contribution in [0, 0.1) is 26.0 Å². The van der Waals surface area contributed by atoms with Gasteiger partial charge in [-0.25, -0.2) is 4.39 Å². The molecule has 7 nitrogen and oxygen atoms in total. The Kier molecular flexibility index (Phi) is 4.37. The van der Waals surface area contributed by atoms with Gasteiger partial charge >= 0.3 is 5.00 Å². The van der Waals surface area contributed by atoms with Gasteiger partial charge in [0.25, 0.3) is 5.69 Å². The van der Waals surface area contributed by atoms with Gasteiger partial charge in [-0.2, -0.15) is 0 Å². The monoisotopic (exact) mass is 322 g/mol. The zero-order chi connectivity index (χ0) is 16.3. The van der Waals surface area contributed by atoms with Crippen LogP contribution >= 0.6 is 11.3 Å². The highest BCUT2D eigenvalue weighted by atomic mass is 32.1. The van der Waals surface area contributed by atoms with Gasteiger partial charge in [-0.15, -0.1) is 0 Å². The second-order valence-corrected chi connectivity index (χ2v) is 4.98. The van der Waals surface area contributed by atoms with E-state index in [1.807, 2.05) is 0 Å². The summed E-state index contributed by atoms with van der Waals surface area (Å²) in [4.78, 5) is 31.7. The molecule has 0 atom stereocenters. The minimum atomic E-state index is -0.878. The van der Waals surface area contributed by atoms with Crippen molar-refractivity contribution in [3.63, 3.8) is 0 Å². The van der Waals surface area contributed by atoms with Crippen LogP contribution in [-0.2, 0) is 0 Å². The fourth-order valence-electron chi connectivity index (χ4n) is 1.60. The summed E-state index contributed by atoms with van der Waals surface area (Å²) < 4.78 is 13.6. The Labute approximate surface area is 126 Å². The fraction of sp³-hybridized carbons (Fsp3) is 0. The minimum absolute atomic E-state index is 0.0892. The molecule has 0 N–H and O–H groups in total. The van der Waals surface area contributed by atoms with Crippen molar-refractivity contribution in [2.75, 3.05) is 0 Å². The normalized spacial score (nSPS) is 10.8. The van der Waals surface area contributed by atoms with E-state index in [2.05, 4.69) is 0 Å². The lowest BCUT2D eigenvalue weighted by molar-refractivity contribution is -0.384. The molecule has 2 aromatic rings. The van der Waals surface area contributed by atoms with Crippen molar-refractivity contribution >= 4 is 33.9 Å². The van der Waals surface area contributed by atoms with Crippen LogP contribution in [0.5, 0.6) is 0 Å². The first-order chi connectivity index (χ1) is 10.4. The van der Waals surface area contributed by atoms with Crippen molar-refractivity contribution in [3.8, 4) is 0 Å². The number of carbonyl (C=O) groups is 1. The number of carbonyl (C=O) groups excluding carboxylic acids is 1. The van der Waals surface area contributed by atoms with Gasteiger partial charge in [0.1, 0.15) is 5.82 Å². The number of non-ortho nitro benzene ring substituents is 1. The Morgan fingerprint density at radius 3 is 2.50 bits per heavy atom. The Bertz CT molecular complexity index is 799. The number of hydrogen-bond donors (Lipinski definition) is 0. The maximum atomic E-state index is 13.6. The largest absolute Gasteiger partial charge is 0.324 e. The Morgan fingerprint density at radius 1 is 1.18 bits per heavy atom. The molecule has 0 saturated carbocycles. The number of benzene rings is 1. The van der Waals surface area contributed by atoms with E-state index in [1.54, 1.807) is 0 Å². The molecule has 0 unspecified atom stereocenters. The number of nitro benzene ring substituents is 1. The fourth-order valence-corrected chi connectivity index (χ4v) is 2.29. The van der Waals surface area contributed by atoms with Crippen LogP contribution in [0.1, 0.15) is 15.9 Å². The average Bonchev–Trinajstić information content (AvgIpc) is 2.94. The molecule has 0 fully saturated rings. The van der Waals surface area contributed by atoms with Crippen LogP contribution in [0.4, 0.5) is 15.1 Å². The van der Waals surface area contributed by atoms with Gasteiger partial charge in [-0.3, -0.25) is 25.0 Å². The Morgan fingerprint density at radius 2 is 1.91 bits per heavy atom. The lowest BCUT2D eigenvalue weighted by atomic mass is 10.1. The first-order valence-electron chi connectivity index (χ1n) is 5.78. The van der Waals surface area contributed by atoms with Crippen LogP contribution in [-0.4, -0.2) is 15.6 Å². The maximum Gasteiger partial charge on any atom is 0.324 e. The number of rotatable bonds is 5. The highest BCUT2D eigenvalue weighted by molar-refractivity contribution is 7.13. The van der Waals surface area contributed by atoms with Gasteiger partial charge in [-0.1, -0.05) is 11.3 Å². The second kappa shape index (κ2) is 6.22. The van der Waals surface area contributed by atoms with E-state index in [-0.39, 0.29) is 5.00 Å². The number of thiophene rings is 1. The zero-order valence-corrected chi connectivity index (χ0v) is 11.6. The van der Waals surface area contributed by atoms with Crippen LogP contribution in [0.3, 0.4) is 0 Å². The van der Waals surface area contributed by atoms with Crippen molar-refractivity contribution in [2.45, 2.75) is 0 Å². The van der Waals surface area contributed by atoms with Crippen molar-refractivity contribution in [1.82, 2.24) is 0 Å². The Hall–Kier alpha value is -2.94. The standard InChI is InChI=1S/C13H7FN2O5S/c14-11-3-2-9(15(18)19)6-10(11)12(17)4-1-8-5-13(16(20)21)22-7-8/h1-7H/b4-1+. The highest BCUT2D eigenvalue weighted by Gasteiger charge is 2.15. The quantitative estimate of drug-likeness (QED) is 0.362. The molecule has 0 aliphatic heterocycles. The third-order valence-corrected chi connectivity index (χ3v) is 3.54. The minimum Gasteiger partial charge on any atom is -0.289 e. The summed E-state index contributed by atoms with van der Waals surface area (Å²) in [5.74, 6) is -1.65. The van der Waals surface area contributed by atoms with E-state index < -0.39 is 32.7 Å². The van der Waals surface area contributed by atoms with E-state index in [0.717, 1.165) is 35.6 Å². The van der Waals surface area contributed by atoms with Gasteiger partial charge < -0.3 is 0 Å². The van der Waals surface area contributed by atoms with Gasteiger partial charge in [0.2, 0.25) is 0 Å². The van der Waals surface area contributed by atoms with Gasteiger partial charge in [0.05, 0.1) is 15.4 Å². The van der Waals surface area contributed by atoms with Crippen LogP contribution in [0.25, 0.3) is 6.08 Å². The van der Waals surface area contributed by atoms with E-state index in [9.17, 15) is 29.4 Å². The molecule has 0 spiro atoms. The van der Waals surface area contributed by atoms with Crippen molar-refractivity contribution in [1.29, 1.82) is 0 Å². The van der Waals surface area contributed by atoms with E-state index in [4.69, 9.17) is 0 Å². The SMILES string of the molecule is O=C(/C=C/c1csc([N+](=O)[O-])c1)c1cc([N+](=O)[O-])ccc1F. The van der Waals surface area contributed by atoms with Crippen LogP contribution in [0.15, 0.2) is 35.7 Å². The molecule has 22 heavy (non-hydrogen) atoms. The first kappa shape index (κ1) is 15.4. The van der Waals surface area contributed by atoms with Crippen molar-refractivity contribution in [2.24, 2.45) is 0 Å². The molecule has 0 amide bonds. The summed E-state index contributed by atoms with van der Waals surface area (Å²) in [5.41, 5.74) is -0.421. The number of hydrogen-bond acceptors (Lipinski definition) is 6. The lowest BCUT2D eigenvalue weighted by Crippen LogP contribution is -2.00. The predicted octanol–water partition coefficient (Wildman–Crippen LogP) is 3.60. The molecule has 0 aliphatic carbocycles. The lowest BCUT2D eigenvalue weighted by Gasteiger charge is -1.98. The summed E-state index contributed by atoms with van der Waals surface area (Å²) in [6.45, 7) is 0. The third kappa shape index (κ3) is 3.38. The summed E-state index contributed by atoms with van der Waals surface area (Å²) in [7, 11) is 0.